The van der Waals surface area contributed by atoms with Crippen molar-refractivity contribution >= 4 is 11.7 Å². The summed E-state index contributed by atoms with van der Waals surface area (Å²) in [6, 6.07) is 5.45. The van der Waals surface area contributed by atoms with Crippen LogP contribution in [0.2, 0.25) is 0 Å². The second kappa shape index (κ2) is 6.81. The summed E-state index contributed by atoms with van der Waals surface area (Å²) in [6.07, 6.45) is 3.87. The molecule has 1 amide bonds. The minimum Gasteiger partial charge on any atom is -0.467 e. The predicted molar refractivity (Wildman–Crippen MR) is 87.1 cm³/mol. The van der Waals surface area contributed by atoms with Gasteiger partial charge >= 0.3 is 0 Å². The molecule has 0 saturated carbocycles. The molecule has 1 N–H and O–H groups in total. The molecule has 6 nitrogen and oxygen atoms in total. The number of hydrogen-bond donors (Lipinski definition) is 1. The van der Waals surface area contributed by atoms with Crippen LogP contribution in [0, 0.1) is 12.8 Å². The van der Waals surface area contributed by atoms with Gasteiger partial charge in [-0.25, -0.2) is 9.97 Å². The van der Waals surface area contributed by atoms with Gasteiger partial charge < -0.3 is 14.6 Å². The molecule has 1 aliphatic heterocycles. The Morgan fingerprint density at radius 3 is 3.09 bits per heavy atom. The molecular weight excluding hydrogens is 292 g/mol. The zero-order valence-corrected chi connectivity index (χ0v) is 13.6. The van der Waals surface area contributed by atoms with Gasteiger partial charge in [0.15, 0.2) is 0 Å². The van der Waals surface area contributed by atoms with Gasteiger partial charge in [-0.05, 0) is 37.8 Å². The van der Waals surface area contributed by atoms with E-state index in [0.29, 0.717) is 29.8 Å². The van der Waals surface area contributed by atoms with Crippen LogP contribution >= 0.6 is 0 Å². The van der Waals surface area contributed by atoms with E-state index in [1.54, 1.807) is 19.3 Å². The van der Waals surface area contributed by atoms with Crippen molar-refractivity contribution in [3.05, 3.63) is 41.7 Å². The van der Waals surface area contributed by atoms with Gasteiger partial charge in [0.1, 0.15) is 23.1 Å². The zero-order valence-electron chi connectivity index (χ0n) is 13.6. The smallest absolute Gasteiger partial charge is 0.272 e. The molecule has 0 bridgehead atoms. The lowest BCUT2D eigenvalue weighted by molar-refractivity contribution is 0.0676. The van der Waals surface area contributed by atoms with Gasteiger partial charge in [0.05, 0.1) is 12.8 Å². The highest BCUT2D eigenvalue weighted by Crippen LogP contribution is 2.18. The summed E-state index contributed by atoms with van der Waals surface area (Å²) in [5, 5.41) is 3.18. The van der Waals surface area contributed by atoms with Gasteiger partial charge in [-0.15, -0.1) is 0 Å². The molecule has 1 fully saturated rings. The largest absolute Gasteiger partial charge is 0.467 e. The molecule has 6 heteroatoms. The Labute approximate surface area is 135 Å². The van der Waals surface area contributed by atoms with E-state index in [9.17, 15) is 4.79 Å². The number of likely N-dealkylation sites (tertiary alicyclic amines) is 1. The number of carbonyl (C=O) groups is 1. The van der Waals surface area contributed by atoms with E-state index < -0.39 is 0 Å². The Balaban J connectivity index is 1.72. The maximum atomic E-state index is 12.7. The molecular formula is C17H22N4O2. The lowest BCUT2D eigenvalue weighted by Gasteiger charge is -2.30. The second-order valence-corrected chi connectivity index (χ2v) is 6.12. The average Bonchev–Trinajstić information content (AvgIpc) is 3.05. The number of nitrogens with zero attached hydrogens (tertiary/aromatic N) is 3. The quantitative estimate of drug-likeness (QED) is 0.939. The number of aromatic nitrogens is 2. The molecule has 23 heavy (non-hydrogen) atoms. The molecule has 122 valence electrons. The third-order valence-electron chi connectivity index (χ3n) is 4.03. The van der Waals surface area contributed by atoms with E-state index in [-0.39, 0.29) is 5.91 Å². The number of carbonyl (C=O) groups excluding carboxylic acids is 1. The van der Waals surface area contributed by atoms with Crippen molar-refractivity contribution in [1.29, 1.82) is 0 Å². The number of furan rings is 1. The van der Waals surface area contributed by atoms with E-state index >= 15 is 0 Å². The average molecular weight is 314 g/mol. The zero-order chi connectivity index (χ0) is 16.2. The Hall–Kier alpha value is -2.37. The van der Waals surface area contributed by atoms with Crippen molar-refractivity contribution in [3.63, 3.8) is 0 Å². The number of aryl methyl sites for hydroxylation is 1. The molecule has 2 aromatic heterocycles. The summed E-state index contributed by atoms with van der Waals surface area (Å²) in [7, 11) is 0. The Bertz CT molecular complexity index is 669. The SMILES string of the molecule is Cc1nc(NCc2ccco2)cc(C(=O)N2CCCC(C)C2)n1. The van der Waals surface area contributed by atoms with Gasteiger partial charge in [0, 0.05) is 19.2 Å². The van der Waals surface area contributed by atoms with Gasteiger partial charge in [-0.1, -0.05) is 6.92 Å². The standard InChI is InChI=1S/C17H22N4O2/c1-12-5-3-7-21(11-12)17(22)15-9-16(20-13(2)19-15)18-10-14-6-4-8-23-14/h4,6,8-9,12H,3,5,7,10-11H2,1-2H3,(H,18,19,20). The first-order chi connectivity index (χ1) is 11.1. The minimum absolute atomic E-state index is 0.0110. The molecule has 3 heterocycles. The summed E-state index contributed by atoms with van der Waals surface area (Å²) < 4.78 is 5.29. The minimum atomic E-state index is -0.0110. The number of hydrogen-bond acceptors (Lipinski definition) is 5. The van der Waals surface area contributed by atoms with Gasteiger partial charge in [-0.2, -0.15) is 0 Å². The Kier molecular flexibility index (Phi) is 4.60. The van der Waals surface area contributed by atoms with Crippen molar-refractivity contribution in [1.82, 2.24) is 14.9 Å². The number of nitrogens with one attached hydrogen (secondary N) is 1. The molecule has 1 unspecified atom stereocenters. The summed E-state index contributed by atoms with van der Waals surface area (Å²) in [5.74, 6) is 2.58. The van der Waals surface area contributed by atoms with E-state index in [1.165, 1.54) is 6.42 Å². The van der Waals surface area contributed by atoms with Crippen LogP contribution in [0.4, 0.5) is 5.82 Å². The summed E-state index contributed by atoms with van der Waals surface area (Å²) >= 11 is 0. The molecule has 0 radical (unpaired) electrons. The van der Waals surface area contributed by atoms with Crippen molar-refractivity contribution in [2.75, 3.05) is 18.4 Å². The molecule has 3 rings (SSSR count). The van der Waals surface area contributed by atoms with Crippen LogP contribution in [0.5, 0.6) is 0 Å². The first-order valence-corrected chi connectivity index (χ1v) is 8.03. The van der Waals surface area contributed by atoms with Gasteiger partial charge in [0.25, 0.3) is 5.91 Å². The summed E-state index contributed by atoms with van der Waals surface area (Å²) in [4.78, 5) is 23.2. The van der Waals surface area contributed by atoms with Crippen LogP contribution in [-0.4, -0.2) is 33.9 Å². The number of amides is 1. The summed E-state index contributed by atoms with van der Waals surface area (Å²) in [6.45, 7) is 6.12. The van der Waals surface area contributed by atoms with Crippen molar-refractivity contribution < 1.29 is 9.21 Å². The van der Waals surface area contributed by atoms with Crippen LogP contribution in [0.15, 0.2) is 28.9 Å². The van der Waals surface area contributed by atoms with Crippen molar-refractivity contribution in [3.8, 4) is 0 Å². The molecule has 0 spiro atoms. The second-order valence-electron chi connectivity index (χ2n) is 6.12. The fourth-order valence-electron chi connectivity index (χ4n) is 2.89. The third kappa shape index (κ3) is 3.88. The van der Waals surface area contributed by atoms with Crippen LogP contribution < -0.4 is 5.32 Å². The molecule has 1 aliphatic rings. The molecule has 1 atom stereocenters. The van der Waals surface area contributed by atoms with E-state index in [4.69, 9.17) is 4.42 Å². The number of piperidine rings is 1. The monoisotopic (exact) mass is 314 g/mol. The predicted octanol–water partition coefficient (Wildman–Crippen LogP) is 2.86. The topological polar surface area (TPSA) is 71.3 Å². The van der Waals surface area contributed by atoms with E-state index in [0.717, 1.165) is 25.3 Å². The fourth-order valence-corrected chi connectivity index (χ4v) is 2.89. The van der Waals surface area contributed by atoms with Crippen LogP contribution in [-0.2, 0) is 6.54 Å². The lowest BCUT2D eigenvalue weighted by Crippen LogP contribution is -2.39. The highest BCUT2D eigenvalue weighted by atomic mass is 16.3. The first-order valence-electron chi connectivity index (χ1n) is 8.03. The van der Waals surface area contributed by atoms with Crippen LogP contribution in [0.25, 0.3) is 0 Å². The number of rotatable bonds is 4. The number of anilines is 1. The summed E-state index contributed by atoms with van der Waals surface area (Å²) in [5.41, 5.74) is 0.452. The van der Waals surface area contributed by atoms with Crippen LogP contribution in [0.1, 0.15) is 41.8 Å². The maximum absolute atomic E-state index is 12.7. The molecule has 1 saturated heterocycles. The molecule has 2 aromatic rings. The van der Waals surface area contributed by atoms with Gasteiger partial charge in [-0.3, -0.25) is 4.79 Å². The van der Waals surface area contributed by atoms with Gasteiger partial charge in [0.2, 0.25) is 0 Å². The molecule has 0 aromatic carbocycles. The Morgan fingerprint density at radius 2 is 2.35 bits per heavy atom. The van der Waals surface area contributed by atoms with E-state index in [2.05, 4.69) is 22.2 Å². The highest BCUT2D eigenvalue weighted by Gasteiger charge is 2.23. The van der Waals surface area contributed by atoms with Crippen LogP contribution in [0.3, 0.4) is 0 Å². The lowest BCUT2D eigenvalue weighted by atomic mass is 10.00. The van der Waals surface area contributed by atoms with E-state index in [1.807, 2.05) is 17.0 Å². The third-order valence-corrected chi connectivity index (χ3v) is 4.03. The fraction of sp³-hybridized carbons (Fsp3) is 0.471. The Morgan fingerprint density at radius 1 is 1.48 bits per heavy atom. The van der Waals surface area contributed by atoms with Crippen molar-refractivity contribution in [2.24, 2.45) is 5.92 Å². The first kappa shape index (κ1) is 15.5. The maximum Gasteiger partial charge on any atom is 0.272 e. The molecule has 0 aliphatic carbocycles. The highest BCUT2D eigenvalue weighted by molar-refractivity contribution is 5.93. The van der Waals surface area contributed by atoms with Crippen molar-refractivity contribution in [2.45, 2.75) is 33.2 Å². The normalized spacial score (nSPS) is 18.0.